The standard InChI is InChI=1S/C19H21FN2O2/c1-14-5-3-4-6-16(14)13-22(15(2)23)12-11-19(24)21-18-9-7-17(20)8-10-18/h3-10H,11-13H2,1-2H3,(H,21,24). The van der Waals surface area contributed by atoms with Crippen molar-refractivity contribution < 1.29 is 14.0 Å². The van der Waals surface area contributed by atoms with Gasteiger partial charge in [0, 0.05) is 32.1 Å². The first-order valence-corrected chi connectivity index (χ1v) is 7.81. The molecule has 0 aliphatic carbocycles. The molecule has 0 aliphatic heterocycles. The van der Waals surface area contributed by atoms with Crippen LogP contribution in [0.1, 0.15) is 24.5 Å². The Hall–Kier alpha value is -2.69. The Morgan fingerprint density at radius 3 is 2.38 bits per heavy atom. The molecule has 0 heterocycles. The Labute approximate surface area is 141 Å². The molecule has 24 heavy (non-hydrogen) atoms. The van der Waals surface area contributed by atoms with E-state index in [2.05, 4.69) is 5.32 Å². The molecule has 0 unspecified atom stereocenters. The molecule has 0 bridgehead atoms. The molecule has 0 saturated carbocycles. The van der Waals surface area contributed by atoms with Crippen molar-refractivity contribution in [1.29, 1.82) is 0 Å². The van der Waals surface area contributed by atoms with Gasteiger partial charge in [0.1, 0.15) is 5.82 Å². The van der Waals surface area contributed by atoms with Crippen LogP contribution in [0.3, 0.4) is 0 Å². The van der Waals surface area contributed by atoms with Crippen LogP contribution in [0.2, 0.25) is 0 Å². The quantitative estimate of drug-likeness (QED) is 0.882. The van der Waals surface area contributed by atoms with E-state index in [4.69, 9.17) is 0 Å². The second kappa shape index (κ2) is 8.24. The number of nitrogens with zero attached hydrogens (tertiary/aromatic N) is 1. The fourth-order valence-corrected chi connectivity index (χ4v) is 2.33. The largest absolute Gasteiger partial charge is 0.338 e. The van der Waals surface area contributed by atoms with Gasteiger partial charge < -0.3 is 10.2 Å². The van der Waals surface area contributed by atoms with Gasteiger partial charge in [-0.3, -0.25) is 9.59 Å². The predicted molar refractivity (Wildman–Crippen MR) is 91.9 cm³/mol. The van der Waals surface area contributed by atoms with Gasteiger partial charge in [-0.1, -0.05) is 24.3 Å². The number of carbonyl (C=O) groups excluding carboxylic acids is 2. The summed E-state index contributed by atoms with van der Waals surface area (Å²) in [7, 11) is 0. The fourth-order valence-electron chi connectivity index (χ4n) is 2.33. The van der Waals surface area contributed by atoms with Crippen LogP contribution in [0.4, 0.5) is 10.1 Å². The molecule has 0 spiro atoms. The zero-order valence-electron chi connectivity index (χ0n) is 13.9. The van der Waals surface area contributed by atoms with Crippen molar-refractivity contribution in [3.63, 3.8) is 0 Å². The lowest BCUT2D eigenvalue weighted by atomic mass is 10.1. The maximum atomic E-state index is 12.8. The summed E-state index contributed by atoms with van der Waals surface area (Å²) in [4.78, 5) is 25.5. The summed E-state index contributed by atoms with van der Waals surface area (Å²) in [6.45, 7) is 4.30. The molecule has 0 saturated heterocycles. The molecule has 2 aromatic carbocycles. The van der Waals surface area contributed by atoms with Crippen LogP contribution in [0.5, 0.6) is 0 Å². The first kappa shape index (κ1) is 17.7. The van der Waals surface area contributed by atoms with Crippen LogP contribution in [0, 0.1) is 12.7 Å². The Kier molecular flexibility index (Phi) is 6.07. The van der Waals surface area contributed by atoms with Gasteiger partial charge in [-0.15, -0.1) is 0 Å². The van der Waals surface area contributed by atoms with Crippen molar-refractivity contribution in [3.8, 4) is 0 Å². The minimum absolute atomic E-state index is 0.0761. The highest BCUT2D eigenvalue weighted by atomic mass is 19.1. The van der Waals surface area contributed by atoms with E-state index in [1.54, 1.807) is 4.90 Å². The van der Waals surface area contributed by atoms with E-state index in [0.717, 1.165) is 11.1 Å². The van der Waals surface area contributed by atoms with Crippen molar-refractivity contribution in [2.24, 2.45) is 0 Å². The van der Waals surface area contributed by atoms with Gasteiger partial charge in [0.05, 0.1) is 0 Å². The molecule has 0 aliphatic rings. The highest BCUT2D eigenvalue weighted by Crippen LogP contribution is 2.12. The Balaban J connectivity index is 1.91. The molecule has 1 N–H and O–H groups in total. The van der Waals surface area contributed by atoms with E-state index in [1.165, 1.54) is 31.2 Å². The van der Waals surface area contributed by atoms with E-state index in [0.29, 0.717) is 18.8 Å². The van der Waals surface area contributed by atoms with E-state index in [-0.39, 0.29) is 24.1 Å². The van der Waals surface area contributed by atoms with E-state index in [9.17, 15) is 14.0 Å². The van der Waals surface area contributed by atoms with Gasteiger partial charge in [0.2, 0.25) is 11.8 Å². The summed E-state index contributed by atoms with van der Waals surface area (Å²) in [6, 6.07) is 13.4. The minimum Gasteiger partial charge on any atom is -0.338 e. The SMILES string of the molecule is CC(=O)N(CCC(=O)Nc1ccc(F)cc1)Cc1ccccc1C. The number of nitrogens with one attached hydrogen (secondary N) is 1. The third-order valence-corrected chi connectivity index (χ3v) is 3.80. The molecule has 2 rings (SSSR count). The van der Waals surface area contributed by atoms with Crippen LogP contribution >= 0.6 is 0 Å². The number of amides is 2. The lowest BCUT2D eigenvalue weighted by Gasteiger charge is -2.22. The van der Waals surface area contributed by atoms with Crippen molar-refractivity contribution >= 4 is 17.5 Å². The predicted octanol–water partition coefficient (Wildman–Crippen LogP) is 3.51. The molecule has 4 nitrogen and oxygen atoms in total. The number of carbonyl (C=O) groups is 2. The number of aryl methyl sites for hydroxylation is 1. The van der Waals surface area contributed by atoms with Crippen LogP contribution in [-0.4, -0.2) is 23.3 Å². The maximum absolute atomic E-state index is 12.8. The normalized spacial score (nSPS) is 10.3. The molecule has 2 amide bonds. The molecule has 126 valence electrons. The van der Waals surface area contributed by atoms with Gasteiger partial charge in [0.15, 0.2) is 0 Å². The number of anilines is 1. The van der Waals surface area contributed by atoms with Crippen LogP contribution in [-0.2, 0) is 16.1 Å². The monoisotopic (exact) mass is 328 g/mol. The zero-order valence-corrected chi connectivity index (χ0v) is 13.9. The lowest BCUT2D eigenvalue weighted by molar-refractivity contribution is -0.129. The number of rotatable bonds is 6. The molecule has 0 radical (unpaired) electrons. The third kappa shape index (κ3) is 5.19. The molecule has 0 atom stereocenters. The fraction of sp³-hybridized carbons (Fsp3) is 0.263. The summed E-state index contributed by atoms with van der Waals surface area (Å²) >= 11 is 0. The molecule has 0 fully saturated rings. The van der Waals surface area contributed by atoms with Gasteiger partial charge in [-0.05, 0) is 42.3 Å². The summed E-state index contributed by atoms with van der Waals surface area (Å²) < 4.78 is 12.8. The van der Waals surface area contributed by atoms with Gasteiger partial charge in [0.25, 0.3) is 0 Å². The zero-order chi connectivity index (χ0) is 17.5. The van der Waals surface area contributed by atoms with Crippen LogP contribution in [0.25, 0.3) is 0 Å². The Bertz CT molecular complexity index is 714. The van der Waals surface area contributed by atoms with E-state index < -0.39 is 0 Å². The van der Waals surface area contributed by atoms with Crippen molar-refractivity contribution in [1.82, 2.24) is 4.90 Å². The van der Waals surface area contributed by atoms with Gasteiger partial charge in [-0.25, -0.2) is 4.39 Å². The maximum Gasteiger partial charge on any atom is 0.226 e. The first-order valence-electron chi connectivity index (χ1n) is 7.81. The van der Waals surface area contributed by atoms with Crippen molar-refractivity contribution in [2.75, 3.05) is 11.9 Å². The Morgan fingerprint density at radius 2 is 1.75 bits per heavy atom. The second-order valence-corrected chi connectivity index (χ2v) is 5.67. The number of benzene rings is 2. The van der Waals surface area contributed by atoms with Crippen LogP contribution in [0.15, 0.2) is 48.5 Å². The number of hydrogen-bond acceptors (Lipinski definition) is 2. The number of hydrogen-bond donors (Lipinski definition) is 1. The summed E-state index contributed by atoms with van der Waals surface area (Å²) in [5, 5.41) is 2.70. The smallest absolute Gasteiger partial charge is 0.226 e. The summed E-state index contributed by atoms with van der Waals surface area (Å²) in [6.07, 6.45) is 0.183. The van der Waals surface area contributed by atoms with Crippen LogP contribution < -0.4 is 5.32 Å². The Morgan fingerprint density at radius 1 is 1.08 bits per heavy atom. The minimum atomic E-state index is -0.353. The van der Waals surface area contributed by atoms with Gasteiger partial charge >= 0.3 is 0 Å². The average Bonchev–Trinajstić information content (AvgIpc) is 2.55. The molecular formula is C19H21FN2O2. The third-order valence-electron chi connectivity index (χ3n) is 3.80. The first-order chi connectivity index (χ1) is 11.5. The topological polar surface area (TPSA) is 49.4 Å². The van der Waals surface area contributed by atoms with Gasteiger partial charge in [-0.2, -0.15) is 0 Å². The molecule has 5 heteroatoms. The average molecular weight is 328 g/mol. The highest BCUT2D eigenvalue weighted by Gasteiger charge is 2.13. The van der Waals surface area contributed by atoms with Crippen molar-refractivity contribution in [2.45, 2.75) is 26.8 Å². The summed E-state index contributed by atoms with van der Waals surface area (Å²) in [5.74, 6) is -0.639. The lowest BCUT2D eigenvalue weighted by Crippen LogP contribution is -2.31. The number of halogens is 1. The molecule has 0 aromatic heterocycles. The second-order valence-electron chi connectivity index (χ2n) is 5.67. The van der Waals surface area contributed by atoms with Crippen molar-refractivity contribution in [3.05, 3.63) is 65.5 Å². The highest BCUT2D eigenvalue weighted by molar-refractivity contribution is 5.91. The van der Waals surface area contributed by atoms with E-state index >= 15 is 0 Å². The summed E-state index contributed by atoms with van der Waals surface area (Å²) in [5.41, 5.74) is 2.71. The molecule has 2 aromatic rings. The molecular weight excluding hydrogens is 307 g/mol. The van der Waals surface area contributed by atoms with E-state index in [1.807, 2.05) is 31.2 Å².